The molecule has 1 N–H and O–H groups in total. The molecule has 3 unspecified atom stereocenters. The molecular weight excluding hydrogens is 266 g/mol. The first kappa shape index (κ1) is 14.5. The van der Waals surface area contributed by atoms with Crippen LogP contribution in [0.25, 0.3) is 0 Å². The van der Waals surface area contributed by atoms with E-state index in [2.05, 4.69) is 19.1 Å². The number of aliphatic hydroxyl groups is 1. The lowest BCUT2D eigenvalue weighted by Crippen LogP contribution is -2.46. The second-order valence-corrected chi connectivity index (χ2v) is 6.11. The fourth-order valence-electron chi connectivity index (χ4n) is 3.45. The lowest BCUT2D eigenvalue weighted by Gasteiger charge is -2.35. The van der Waals surface area contributed by atoms with Crippen molar-refractivity contribution in [3.05, 3.63) is 35.4 Å². The summed E-state index contributed by atoms with van der Waals surface area (Å²) in [5.41, 5.74) is 2.35. The zero-order valence-corrected chi connectivity index (χ0v) is 12.5. The van der Waals surface area contributed by atoms with Crippen LogP contribution in [-0.2, 0) is 9.53 Å². The average molecular weight is 289 g/mol. The normalized spacial score (nSPS) is 29.6. The van der Waals surface area contributed by atoms with Gasteiger partial charge in [-0.15, -0.1) is 0 Å². The van der Waals surface area contributed by atoms with E-state index < -0.39 is 6.10 Å². The van der Waals surface area contributed by atoms with Gasteiger partial charge in [-0.25, -0.2) is 0 Å². The van der Waals surface area contributed by atoms with E-state index >= 15 is 0 Å². The summed E-state index contributed by atoms with van der Waals surface area (Å²) in [6.45, 7) is 3.85. The Morgan fingerprint density at radius 2 is 2.14 bits per heavy atom. The van der Waals surface area contributed by atoms with Crippen LogP contribution < -0.4 is 0 Å². The summed E-state index contributed by atoms with van der Waals surface area (Å²) in [6, 6.07) is 8.16. The highest BCUT2D eigenvalue weighted by Gasteiger charge is 2.36. The van der Waals surface area contributed by atoms with Crippen LogP contribution in [0.3, 0.4) is 0 Å². The zero-order chi connectivity index (χ0) is 14.8. The zero-order valence-electron chi connectivity index (χ0n) is 12.5. The van der Waals surface area contributed by atoms with Gasteiger partial charge in [-0.2, -0.15) is 0 Å². The van der Waals surface area contributed by atoms with Crippen molar-refractivity contribution in [3.63, 3.8) is 0 Å². The first-order valence-corrected chi connectivity index (χ1v) is 7.81. The van der Waals surface area contributed by atoms with E-state index in [0.717, 1.165) is 24.8 Å². The Labute approximate surface area is 125 Å². The molecule has 0 radical (unpaired) electrons. The van der Waals surface area contributed by atoms with E-state index in [9.17, 15) is 9.90 Å². The number of benzene rings is 1. The van der Waals surface area contributed by atoms with Crippen LogP contribution in [0.4, 0.5) is 0 Å². The van der Waals surface area contributed by atoms with E-state index in [0.29, 0.717) is 19.7 Å². The largest absolute Gasteiger partial charge is 0.392 e. The van der Waals surface area contributed by atoms with Crippen molar-refractivity contribution in [2.75, 3.05) is 19.7 Å². The van der Waals surface area contributed by atoms with Crippen LogP contribution in [0.15, 0.2) is 24.3 Å². The van der Waals surface area contributed by atoms with Crippen LogP contribution >= 0.6 is 0 Å². The first-order valence-electron chi connectivity index (χ1n) is 7.81. The highest BCUT2D eigenvalue weighted by molar-refractivity contribution is 5.80. The minimum atomic E-state index is -0.461. The summed E-state index contributed by atoms with van der Waals surface area (Å²) in [5.74, 6) is -0.109. The summed E-state index contributed by atoms with van der Waals surface area (Å²) in [4.78, 5) is 14.5. The van der Waals surface area contributed by atoms with Gasteiger partial charge in [0.05, 0.1) is 25.2 Å². The predicted molar refractivity (Wildman–Crippen MR) is 79.8 cm³/mol. The van der Waals surface area contributed by atoms with Crippen LogP contribution in [0.5, 0.6) is 0 Å². The minimum Gasteiger partial charge on any atom is -0.392 e. The number of hydrogen-bond donors (Lipinski definition) is 1. The van der Waals surface area contributed by atoms with Gasteiger partial charge in [0.2, 0.25) is 5.91 Å². The maximum Gasteiger partial charge on any atom is 0.228 e. The van der Waals surface area contributed by atoms with E-state index in [4.69, 9.17) is 4.74 Å². The van der Waals surface area contributed by atoms with Gasteiger partial charge in [0.25, 0.3) is 0 Å². The Balaban J connectivity index is 1.71. The van der Waals surface area contributed by atoms with Gasteiger partial charge >= 0.3 is 0 Å². The van der Waals surface area contributed by atoms with E-state index in [1.807, 2.05) is 17.0 Å². The summed E-state index contributed by atoms with van der Waals surface area (Å²) in [7, 11) is 0. The van der Waals surface area contributed by atoms with Crippen molar-refractivity contribution in [3.8, 4) is 0 Å². The smallest absolute Gasteiger partial charge is 0.228 e. The van der Waals surface area contributed by atoms with Gasteiger partial charge in [-0.3, -0.25) is 4.79 Å². The number of aryl methyl sites for hydroxylation is 1. The Hall–Kier alpha value is -1.39. The van der Waals surface area contributed by atoms with Crippen molar-refractivity contribution in [1.82, 2.24) is 4.90 Å². The van der Waals surface area contributed by atoms with Crippen molar-refractivity contribution in [1.29, 1.82) is 0 Å². The second-order valence-electron chi connectivity index (χ2n) is 6.11. The highest BCUT2D eigenvalue weighted by atomic mass is 16.5. The standard InChI is InChI=1S/C17H23NO3/c1-12-5-2-3-6-13(12)16-11-18(9-10-21-16)17(20)14-7-4-8-15(14)19/h2-3,5-6,14-16,19H,4,7-11H2,1H3. The summed E-state index contributed by atoms with van der Waals surface area (Å²) >= 11 is 0. The molecule has 1 saturated heterocycles. The van der Waals surface area contributed by atoms with Crippen LogP contribution in [0.2, 0.25) is 0 Å². The molecule has 114 valence electrons. The van der Waals surface area contributed by atoms with E-state index in [-0.39, 0.29) is 17.9 Å². The molecule has 21 heavy (non-hydrogen) atoms. The van der Waals surface area contributed by atoms with E-state index in [1.165, 1.54) is 5.56 Å². The number of ether oxygens (including phenoxy) is 1. The monoisotopic (exact) mass is 289 g/mol. The first-order chi connectivity index (χ1) is 10.2. The van der Waals surface area contributed by atoms with Gasteiger partial charge in [0, 0.05) is 6.54 Å². The lowest BCUT2D eigenvalue weighted by molar-refractivity contribution is -0.146. The number of nitrogens with zero attached hydrogens (tertiary/aromatic N) is 1. The van der Waals surface area contributed by atoms with Gasteiger partial charge in [0.15, 0.2) is 0 Å². The van der Waals surface area contributed by atoms with Gasteiger partial charge < -0.3 is 14.7 Å². The van der Waals surface area contributed by atoms with Gasteiger partial charge in [0.1, 0.15) is 6.10 Å². The molecule has 4 heteroatoms. The molecule has 1 aliphatic heterocycles. The molecule has 1 aromatic carbocycles. The van der Waals surface area contributed by atoms with E-state index in [1.54, 1.807) is 0 Å². The number of morpholine rings is 1. The summed E-state index contributed by atoms with van der Waals surface area (Å²) in [5, 5.41) is 9.94. The molecule has 1 saturated carbocycles. The number of carbonyl (C=O) groups excluding carboxylic acids is 1. The van der Waals surface area contributed by atoms with Crippen molar-refractivity contribution in [2.24, 2.45) is 5.92 Å². The molecule has 1 heterocycles. The average Bonchev–Trinajstić information content (AvgIpc) is 2.93. The predicted octanol–water partition coefficient (Wildman–Crippen LogP) is 2.06. The molecule has 0 spiro atoms. The molecule has 1 amide bonds. The molecule has 3 rings (SSSR count). The number of amides is 1. The molecule has 3 atom stereocenters. The fourth-order valence-corrected chi connectivity index (χ4v) is 3.45. The molecule has 4 nitrogen and oxygen atoms in total. The Bertz CT molecular complexity index is 517. The highest BCUT2D eigenvalue weighted by Crippen LogP contribution is 2.30. The van der Waals surface area contributed by atoms with Crippen molar-refractivity contribution < 1.29 is 14.6 Å². The Morgan fingerprint density at radius 3 is 2.86 bits per heavy atom. The molecular formula is C17H23NO3. The Kier molecular flexibility index (Phi) is 4.27. The minimum absolute atomic E-state index is 0.0533. The fraction of sp³-hybridized carbons (Fsp3) is 0.588. The second kappa shape index (κ2) is 6.16. The maximum atomic E-state index is 12.6. The number of carbonyl (C=O) groups is 1. The SMILES string of the molecule is Cc1ccccc1C1CN(C(=O)C2CCCC2O)CCO1. The summed E-state index contributed by atoms with van der Waals surface area (Å²) < 4.78 is 5.86. The van der Waals surface area contributed by atoms with Gasteiger partial charge in [-0.1, -0.05) is 24.3 Å². The Morgan fingerprint density at radius 1 is 1.33 bits per heavy atom. The molecule has 0 aromatic heterocycles. The number of aliphatic hydroxyl groups excluding tert-OH is 1. The lowest BCUT2D eigenvalue weighted by atomic mass is 10.00. The van der Waals surface area contributed by atoms with Gasteiger partial charge in [-0.05, 0) is 37.3 Å². The molecule has 2 aliphatic rings. The van der Waals surface area contributed by atoms with Crippen LogP contribution in [-0.4, -0.2) is 41.7 Å². The number of rotatable bonds is 2. The molecule has 2 fully saturated rings. The number of hydrogen-bond acceptors (Lipinski definition) is 3. The third-order valence-corrected chi connectivity index (χ3v) is 4.71. The third kappa shape index (κ3) is 2.97. The molecule has 0 bridgehead atoms. The van der Waals surface area contributed by atoms with Crippen LogP contribution in [0.1, 0.15) is 36.5 Å². The third-order valence-electron chi connectivity index (χ3n) is 4.71. The van der Waals surface area contributed by atoms with Crippen molar-refractivity contribution >= 4 is 5.91 Å². The summed E-state index contributed by atoms with van der Waals surface area (Å²) in [6.07, 6.45) is 2.00. The molecule has 1 aliphatic carbocycles. The van der Waals surface area contributed by atoms with Crippen LogP contribution in [0, 0.1) is 12.8 Å². The molecule has 1 aromatic rings. The quantitative estimate of drug-likeness (QED) is 0.906. The maximum absolute atomic E-state index is 12.6. The topological polar surface area (TPSA) is 49.8 Å². The van der Waals surface area contributed by atoms with Crippen molar-refractivity contribution in [2.45, 2.75) is 38.4 Å².